The molecule has 0 saturated heterocycles. The molecule has 0 atom stereocenters. The third kappa shape index (κ3) is 23.6. The topological polar surface area (TPSA) is 144 Å². The van der Waals surface area contributed by atoms with Crippen molar-refractivity contribution in [2.45, 2.75) is 207 Å². The molecular weight excluding hydrogens is 897 g/mol. The van der Waals surface area contributed by atoms with Crippen molar-refractivity contribution in [3.05, 3.63) is 129 Å². The average Bonchev–Trinajstić information content (AvgIpc) is 3.37. The first-order valence-corrected chi connectivity index (χ1v) is 27.0. The summed E-state index contributed by atoms with van der Waals surface area (Å²) in [5.41, 5.74) is 4.45. The van der Waals surface area contributed by atoms with E-state index in [0.29, 0.717) is 24.3 Å². The van der Waals surface area contributed by atoms with Gasteiger partial charge < -0.3 is 19.7 Å². The Morgan fingerprint density at radius 3 is 0.929 bits per heavy atom. The van der Waals surface area contributed by atoms with Crippen molar-refractivity contribution in [1.82, 2.24) is 0 Å². The van der Waals surface area contributed by atoms with Crippen LogP contribution in [-0.2, 0) is 38.2 Å². The van der Waals surface area contributed by atoms with Crippen molar-refractivity contribution in [3.8, 4) is 11.5 Å². The SMILES string of the molecule is CCCCCCCCc1ccc(C(=O)O)c(C(=O)Oc2ccccc2)c1CCCCCCCC.CCCCCCCCc1ccc(C(=O)O)c(C(=O)Oc2ccccc2)c1CCCCCCCC.O=S. The zero-order valence-electron chi connectivity index (χ0n) is 43.0. The summed E-state index contributed by atoms with van der Waals surface area (Å²) >= 11 is 2.83. The standard InChI is InChI=1S/2C30H42O4.OS/c2*1-3-5-7-9-11-14-18-24-22-23-27(29(31)32)28(26(24)21-17-12-10-8-6-4-2)30(33)34-25-19-15-13-16-20-25;1-2/h2*13,15-16,19-20,22-23H,3-12,14,17-18,21H2,1-2H3,(H,31,32);. The predicted octanol–water partition coefficient (Wildman–Crippen LogP) is 16.5. The Morgan fingerprint density at radius 2 is 0.643 bits per heavy atom. The third-order valence-corrected chi connectivity index (χ3v) is 12.8. The van der Waals surface area contributed by atoms with Crippen LogP contribution in [0.2, 0.25) is 0 Å². The van der Waals surface area contributed by atoms with Gasteiger partial charge in [0.2, 0.25) is 0 Å². The maximum Gasteiger partial charge on any atom is 0.344 e. The monoisotopic (exact) mass is 981 g/mol. The summed E-state index contributed by atoms with van der Waals surface area (Å²) in [6.45, 7) is 8.84. The van der Waals surface area contributed by atoms with E-state index in [-0.39, 0.29) is 22.3 Å². The van der Waals surface area contributed by atoms with Gasteiger partial charge in [-0.3, -0.25) is 0 Å². The van der Waals surface area contributed by atoms with Gasteiger partial charge >= 0.3 is 23.9 Å². The van der Waals surface area contributed by atoms with Gasteiger partial charge in [0.25, 0.3) is 0 Å². The molecular formula is C60H84O9S. The number of para-hydroxylation sites is 2. The first kappa shape index (κ1) is 60.9. The second kappa shape index (κ2) is 38.5. The van der Waals surface area contributed by atoms with Crippen molar-refractivity contribution >= 4 is 36.4 Å². The normalized spacial score (nSPS) is 10.6. The molecule has 0 aliphatic heterocycles. The number of benzene rings is 4. The molecule has 0 amide bonds. The van der Waals surface area contributed by atoms with Crippen molar-refractivity contribution < 1.29 is 43.1 Å². The number of esters is 2. The van der Waals surface area contributed by atoms with E-state index in [1.807, 2.05) is 24.3 Å². The molecule has 2 N–H and O–H groups in total. The van der Waals surface area contributed by atoms with Crippen LogP contribution in [0.15, 0.2) is 84.9 Å². The Morgan fingerprint density at radius 1 is 0.371 bits per heavy atom. The fraction of sp³-hybridized carbons (Fsp3) is 0.533. The number of rotatable bonds is 34. The zero-order valence-corrected chi connectivity index (χ0v) is 43.9. The molecule has 384 valence electrons. The van der Waals surface area contributed by atoms with Crippen LogP contribution in [0.5, 0.6) is 11.5 Å². The number of carbonyl (C=O) groups is 4. The quantitative estimate of drug-likeness (QED) is 0.0264. The average molecular weight is 981 g/mol. The number of aromatic carboxylic acids is 2. The number of ether oxygens (including phenoxy) is 2. The van der Waals surface area contributed by atoms with Crippen LogP contribution < -0.4 is 9.47 Å². The van der Waals surface area contributed by atoms with E-state index in [9.17, 15) is 29.4 Å². The lowest BCUT2D eigenvalue weighted by Gasteiger charge is -2.17. The maximum atomic E-state index is 13.2. The van der Waals surface area contributed by atoms with Gasteiger partial charge in [0.05, 0.1) is 22.3 Å². The highest BCUT2D eigenvalue weighted by molar-refractivity contribution is 7.44. The minimum absolute atomic E-state index is 0.0357. The van der Waals surface area contributed by atoms with Crippen LogP contribution in [0.25, 0.3) is 0 Å². The van der Waals surface area contributed by atoms with E-state index in [1.54, 1.807) is 60.7 Å². The van der Waals surface area contributed by atoms with Gasteiger partial charge in [0.15, 0.2) is 12.5 Å². The molecule has 70 heavy (non-hydrogen) atoms. The fourth-order valence-electron chi connectivity index (χ4n) is 8.89. The van der Waals surface area contributed by atoms with Crippen LogP contribution in [0.1, 0.15) is 245 Å². The Kier molecular flexibility index (Phi) is 33.5. The molecule has 0 spiro atoms. The van der Waals surface area contributed by atoms with Gasteiger partial charge in [-0.1, -0.05) is 205 Å². The molecule has 0 bridgehead atoms. The molecule has 0 aromatic heterocycles. The van der Waals surface area contributed by atoms with Crippen LogP contribution in [-0.4, -0.2) is 38.3 Å². The number of hydrogen-bond acceptors (Lipinski definition) is 8. The number of hydrogen-bond donors (Lipinski definition) is 2. The molecule has 10 heteroatoms. The van der Waals surface area contributed by atoms with E-state index < -0.39 is 23.9 Å². The van der Waals surface area contributed by atoms with Gasteiger partial charge in [0.1, 0.15) is 11.5 Å². The van der Waals surface area contributed by atoms with Crippen molar-refractivity contribution in [3.63, 3.8) is 0 Å². The van der Waals surface area contributed by atoms with E-state index in [2.05, 4.69) is 40.2 Å². The lowest BCUT2D eigenvalue weighted by atomic mass is 9.89. The Labute approximate surface area is 426 Å². The minimum atomic E-state index is -1.09. The van der Waals surface area contributed by atoms with Gasteiger partial charge in [-0.25, -0.2) is 19.2 Å². The van der Waals surface area contributed by atoms with Crippen LogP contribution in [0.4, 0.5) is 0 Å². The summed E-state index contributed by atoms with van der Waals surface area (Å²) in [5, 5.41) is 19.7. The Bertz CT molecular complexity index is 1920. The molecule has 0 radical (unpaired) electrons. The number of carbonyl (C=O) groups excluding carboxylic acids is 2. The second-order valence-electron chi connectivity index (χ2n) is 18.3. The first-order valence-electron chi connectivity index (χ1n) is 26.6. The largest absolute Gasteiger partial charge is 0.478 e. The molecule has 9 nitrogen and oxygen atoms in total. The van der Waals surface area contributed by atoms with Crippen LogP contribution >= 0.6 is 0 Å². The molecule has 4 aromatic rings. The number of carboxylic acids is 2. The molecule has 0 aliphatic rings. The molecule has 0 fully saturated rings. The Balaban J connectivity index is 0.000000464. The molecule has 0 heterocycles. The van der Waals surface area contributed by atoms with Gasteiger partial charge in [-0.05, 0) is 110 Å². The van der Waals surface area contributed by atoms with E-state index >= 15 is 0 Å². The summed E-state index contributed by atoms with van der Waals surface area (Å²) in [5.74, 6) is -2.47. The van der Waals surface area contributed by atoms with Crippen molar-refractivity contribution in [2.24, 2.45) is 0 Å². The summed E-state index contributed by atoms with van der Waals surface area (Å²) in [7, 11) is 0. The maximum absolute atomic E-state index is 13.2. The molecule has 4 rings (SSSR count). The van der Waals surface area contributed by atoms with E-state index in [4.69, 9.17) is 13.7 Å². The highest BCUT2D eigenvalue weighted by Gasteiger charge is 2.26. The summed E-state index contributed by atoms with van der Waals surface area (Å²) in [6.07, 6.45) is 31.2. The number of aryl methyl sites for hydroxylation is 2. The smallest absolute Gasteiger partial charge is 0.344 e. The first-order chi connectivity index (χ1) is 34.2. The van der Waals surface area contributed by atoms with E-state index in [1.165, 1.54) is 103 Å². The molecule has 0 saturated carbocycles. The van der Waals surface area contributed by atoms with Gasteiger partial charge in [-0.2, -0.15) is 4.21 Å². The third-order valence-electron chi connectivity index (χ3n) is 12.8. The van der Waals surface area contributed by atoms with Crippen LogP contribution in [0, 0.1) is 0 Å². The van der Waals surface area contributed by atoms with E-state index in [0.717, 1.165) is 86.5 Å². The second-order valence-corrected chi connectivity index (χ2v) is 18.3. The van der Waals surface area contributed by atoms with Crippen molar-refractivity contribution in [2.75, 3.05) is 0 Å². The predicted molar refractivity (Wildman–Crippen MR) is 286 cm³/mol. The molecule has 4 aromatic carbocycles. The Hall–Kier alpha value is -5.22. The fourth-order valence-corrected chi connectivity index (χ4v) is 8.89. The minimum Gasteiger partial charge on any atom is -0.478 e. The van der Waals surface area contributed by atoms with Gasteiger partial charge in [-0.15, -0.1) is 0 Å². The summed E-state index contributed by atoms with van der Waals surface area (Å²) in [4.78, 5) is 50.6. The van der Waals surface area contributed by atoms with Crippen molar-refractivity contribution in [1.29, 1.82) is 0 Å². The molecule has 0 aliphatic carbocycles. The lowest BCUT2D eigenvalue weighted by Crippen LogP contribution is -2.18. The lowest BCUT2D eigenvalue weighted by molar-refractivity contribution is 0.0665. The van der Waals surface area contributed by atoms with Crippen LogP contribution in [0.3, 0.4) is 0 Å². The number of unbranched alkanes of at least 4 members (excludes halogenated alkanes) is 20. The zero-order chi connectivity index (χ0) is 51.2. The summed E-state index contributed by atoms with van der Waals surface area (Å²) < 4.78 is 19.1. The number of carboxylic acid groups (broad SMARTS) is 2. The van der Waals surface area contributed by atoms with Gasteiger partial charge in [0, 0.05) is 0 Å². The molecule has 0 unspecified atom stereocenters. The highest BCUT2D eigenvalue weighted by Crippen LogP contribution is 2.29. The summed E-state index contributed by atoms with van der Waals surface area (Å²) in [6, 6.07) is 24.8. The highest BCUT2D eigenvalue weighted by atomic mass is 32.1.